The summed E-state index contributed by atoms with van der Waals surface area (Å²) in [7, 11) is 0. The first kappa shape index (κ1) is 15.1. The number of carbonyl (C=O) groups excluding carboxylic acids is 1. The van der Waals surface area contributed by atoms with Gasteiger partial charge in [-0.15, -0.1) is 0 Å². The molecule has 1 heterocycles. The number of carbonyl (C=O) groups is 1. The van der Waals surface area contributed by atoms with Crippen LogP contribution in [0.3, 0.4) is 0 Å². The van der Waals surface area contributed by atoms with Crippen LogP contribution in [0.15, 0.2) is 29.4 Å². The molecular formula is C15H14Cl2N4O. The predicted molar refractivity (Wildman–Crippen MR) is 86.7 cm³/mol. The van der Waals surface area contributed by atoms with Crippen LogP contribution >= 0.6 is 23.2 Å². The van der Waals surface area contributed by atoms with Gasteiger partial charge in [0.25, 0.3) is 5.91 Å². The molecule has 1 aliphatic rings. The van der Waals surface area contributed by atoms with E-state index in [0.717, 1.165) is 24.1 Å². The Balaban J connectivity index is 1.68. The van der Waals surface area contributed by atoms with Crippen molar-refractivity contribution in [3.63, 3.8) is 0 Å². The van der Waals surface area contributed by atoms with E-state index in [1.165, 1.54) is 0 Å². The zero-order valence-corrected chi connectivity index (χ0v) is 13.4. The van der Waals surface area contributed by atoms with Gasteiger partial charge in [0, 0.05) is 11.6 Å². The summed E-state index contributed by atoms with van der Waals surface area (Å²) in [5, 5.41) is 11.9. The van der Waals surface area contributed by atoms with Gasteiger partial charge in [-0.05, 0) is 43.5 Å². The second kappa shape index (κ2) is 6.10. The van der Waals surface area contributed by atoms with Gasteiger partial charge < -0.3 is 0 Å². The Labute approximate surface area is 137 Å². The largest absolute Gasteiger partial charge is 0.291 e. The molecule has 1 aromatic carbocycles. The highest BCUT2D eigenvalue weighted by Crippen LogP contribution is 2.38. The number of amides is 1. The van der Waals surface area contributed by atoms with Crippen LogP contribution in [-0.2, 0) is 0 Å². The normalized spacial score (nSPS) is 15.0. The molecule has 0 spiro atoms. The molecule has 1 saturated carbocycles. The Bertz CT molecular complexity index is 750. The Morgan fingerprint density at radius 2 is 2.09 bits per heavy atom. The lowest BCUT2D eigenvalue weighted by Gasteiger charge is -2.03. The van der Waals surface area contributed by atoms with Crippen LogP contribution in [0.4, 0.5) is 0 Å². The molecule has 3 rings (SSSR count). The van der Waals surface area contributed by atoms with Gasteiger partial charge in [0.05, 0.1) is 15.8 Å². The van der Waals surface area contributed by atoms with E-state index in [9.17, 15) is 4.79 Å². The zero-order valence-electron chi connectivity index (χ0n) is 11.9. The van der Waals surface area contributed by atoms with E-state index in [0.29, 0.717) is 27.4 Å². The molecule has 2 N–H and O–H groups in total. The number of aromatic nitrogens is 2. The fourth-order valence-electron chi connectivity index (χ4n) is 2.03. The number of nitrogens with one attached hydrogen (secondary N) is 2. The first-order valence-electron chi connectivity index (χ1n) is 6.90. The van der Waals surface area contributed by atoms with Gasteiger partial charge in [-0.25, -0.2) is 5.43 Å². The van der Waals surface area contributed by atoms with Gasteiger partial charge in [-0.1, -0.05) is 29.3 Å². The number of H-pyrrole nitrogens is 1. The predicted octanol–water partition coefficient (Wildman–Crippen LogP) is 3.75. The molecule has 0 bridgehead atoms. The molecule has 0 radical (unpaired) electrons. The zero-order chi connectivity index (χ0) is 15.7. The molecule has 2 aromatic rings. The molecular weight excluding hydrogens is 323 g/mol. The number of hydrogen-bond acceptors (Lipinski definition) is 3. The first-order valence-corrected chi connectivity index (χ1v) is 7.65. The van der Waals surface area contributed by atoms with Crippen molar-refractivity contribution in [3.05, 3.63) is 51.3 Å². The van der Waals surface area contributed by atoms with Crippen LogP contribution in [0, 0.1) is 0 Å². The monoisotopic (exact) mass is 336 g/mol. The highest BCUT2D eigenvalue weighted by Gasteiger charge is 2.26. The highest BCUT2D eigenvalue weighted by molar-refractivity contribution is 6.42. The van der Waals surface area contributed by atoms with Crippen molar-refractivity contribution in [2.45, 2.75) is 25.7 Å². The summed E-state index contributed by atoms with van der Waals surface area (Å²) in [6.07, 6.45) is 2.30. The summed E-state index contributed by atoms with van der Waals surface area (Å²) in [6, 6.07) is 6.96. The molecule has 7 heteroatoms. The quantitative estimate of drug-likeness (QED) is 0.659. The van der Waals surface area contributed by atoms with Crippen molar-refractivity contribution >= 4 is 34.8 Å². The number of halogens is 2. The molecule has 0 unspecified atom stereocenters. The van der Waals surface area contributed by atoms with Gasteiger partial charge in [-0.2, -0.15) is 10.2 Å². The van der Waals surface area contributed by atoms with E-state index >= 15 is 0 Å². The molecule has 114 valence electrons. The maximum absolute atomic E-state index is 12.0. The number of rotatable bonds is 4. The van der Waals surface area contributed by atoms with E-state index in [4.69, 9.17) is 23.2 Å². The fourth-order valence-corrected chi connectivity index (χ4v) is 2.33. The van der Waals surface area contributed by atoms with E-state index in [2.05, 4.69) is 20.7 Å². The van der Waals surface area contributed by atoms with Crippen LogP contribution in [0.1, 0.15) is 47.4 Å². The van der Waals surface area contributed by atoms with Gasteiger partial charge in [0.2, 0.25) is 0 Å². The van der Waals surface area contributed by atoms with Crippen molar-refractivity contribution in [2.75, 3.05) is 0 Å². The molecule has 22 heavy (non-hydrogen) atoms. The number of hydrazone groups is 1. The van der Waals surface area contributed by atoms with Gasteiger partial charge in [0.1, 0.15) is 0 Å². The van der Waals surface area contributed by atoms with Crippen LogP contribution < -0.4 is 5.43 Å². The topological polar surface area (TPSA) is 70.1 Å². The molecule has 0 saturated heterocycles. The average Bonchev–Trinajstić information content (AvgIpc) is 3.24. The molecule has 1 amide bonds. The Morgan fingerprint density at radius 1 is 1.32 bits per heavy atom. The summed E-state index contributed by atoms with van der Waals surface area (Å²) in [5.74, 6) is 0.179. The highest BCUT2D eigenvalue weighted by atomic mass is 35.5. The van der Waals surface area contributed by atoms with Crippen LogP contribution in [0.2, 0.25) is 10.0 Å². The van der Waals surface area contributed by atoms with Gasteiger partial charge in [-0.3, -0.25) is 9.89 Å². The van der Waals surface area contributed by atoms with Crippen molar-refractivity contribution in [1.29, 1.82) is 0 Å². The second-order valence-corrected chi connectivity index (χ2v) is 6.06. The van der Waals surface area contributed by atoms with Crippen LogP contribution in [0.25, 0.3) is 0 Å². The number of aromatic amines is 1. The molecule has 1 aliphatic carbocycles. The molecule has 1 aromatic heterocycles. The lowest BCUT2D eigenvalue weighted by molar-refractivity contribution is 0.0950. The standard InChI is InChI=1S/C15H14Cl2N4O/c1-8(10-4-5-11(16)12(17)6-10)18-21-15(22)14-7-13(19-20-14)9-2-3-9/h4-7,9H,2-3H2,1H3,(H,19,20)(H,21,22)/b18-8-. The summed E-state index contributed by atoms with van der Waals surface area (Å²) in [4.78, 5) is 12.0. The lowest BCUT2D eigenvalue weighted by atomic mass is 10.1. The Hall–Kier alpha value is -1.85. The number of hydrogen-bond donors (Lipinski definition) is 2. The van der Waals surface area contributed by atoms with Crippen molar-refractivity contribution in [2.24, 2.45) is 5.10 Å². The Morgan fingerprint density at radius 3 is 2.77 bits per heavy atom. The summed E-state index contributed by atoms with van der Waals surface area (Å²) >= 11 is 11.8. The van der Waals surface area contributed by atoms with Gasteiger partial charge >= 0.3 is 0 Å². The summed E-state index contributed by atoms with van der Waals surface area (Å²) in [6.45, 7) is 1.78. The van der Waals surface area contributed by atoms with E-state index in [-0.39, 0.29) is 5.91 Å². The molecule has 0 atom stereocenters. The third-order valence-corrected chi connectivity index (χ3v) is 4.25. The lowest BCUT2D eigenvalue weighted by Crippen LogP contribution is -2.19. The van der Waals surface area contributed by atoms with Crippen LogP contribution in [0.5, 0.6) is 0 Å². The minimum atomic E-state index is -0.345. The SMILES string of the molecule is C/C(=N/NC(=O)c1cc(C2CC2)[nH]n1)c1ccc(Cl)c(Cl)c1. The average molecular weight is 337 g/mol. The van der Waals surface area contributed by atoms with Crippen molar-refractivity contribution in [3.8, 4) is 0 Å². The smallest absolute Gasteiger partial charge is 0.281 e. The van der Waals surface area contributed by atoms with Crippen molar-refractivity contribution < 1.29 is 4.79 Å². The van der Waals surface area contributed by atoms with E-state index < -0.39 is 0 Å². The van der Waals surface area contributed by atoms with Crippen molar-refractivity contribution in [1.82, 2.24) is 15.6 Å². The third-order valence-electron chi connectivity index (χ3n) is 3.51. The number of nitrogens with zero attached hydrogens (tertiary/aromatic N) is 2. The minimum absolute atomic E-state index is 0.340. The number of benzene rings is 1. The second-order valence-electron chi connectivity index (χ2n) is 5.25. The maximum atomic E-state index is 12.0. The molecule has 1 fully saturated rings. The first-order chi connectivity index (χ1) is 10.5. The fraction of sp³-hybridized carbons (Fsp3) is 0.267. The third kappa shape index (κ3) is 3.31. The Kier molecular flexibility index (Phi) is 4.18. The van der Waals surface area contributed by atoms with Crippen LogP contribution in [-0.4, -0.2) is 21.8 Å². The molecule has 5 nitrogen and oxygen atoms in total. The summed E-state index contributed by atoms with van der Waals surface area (Å²) in [5.41, 5.74) is 5.26. The summed E-state index contributed by atoms with van der Waals surface area (Å²) < 4.78 is 0. The van der Waals surface area contributed by atoms with E-state index in [1.54, 1.807) is 31.2 Å². The van der Waals surface area contributed by atoms with E-state index in [1.807, 2.05) is 0 Å². The minimum Gasteiger partial charge on any atom is -0.281 e. The molecule has 0 aliphatic heterocycles. The maximum Gasteiger partial charge on any atom is 0.291 e. The van der Waals surface area contributed by atoms with Gasteiger partial charge in [0.15, 0.2) is 5.69 Å².